The van der Waals surface area contributed by atoms with Gasteiger partial charge >= 0.3 is 0 Å². The molecule has 4 nitrogen and oxygen atoms in total. The number of rotatable bonds is 7. The Kier molecular flexibility index (Phi) is 5.70. The van der Waals surface area contributed by atoms with Gasteiger partial charge in [-0.25, -0.2) is 4.98 Å². The standard InChI is InChI=1S/C14H18N2O2S2/c1-10(7-17)3-2-5-15-13(18)12-9-20-14(16-12)11-4-6-19-8-11/h4,6,8-10,17H,2-3,5,7H2,1H3,(H,15,18). The molecule has 2 heterocycles. The molecule has 0 saturated carbocycles. The Morgan fingerprint density at radius 3 is 3.05 bits per heavy atom. The fraction of sp³-hybridized carbons (Fsp3) is 0.429. The molecule has 0 radical (unpaired) electrons. The van der Waals surface area contributed by atoms with Gasteiger partial charge in [0.25, 0.3) is 5.91 Å². The predicted octanol–water partition coefficient (Wildman–Crippen LogP) is 3.01. The average Bonchev–Trinajstić information content (AvgIpc) is 3.12. The quantitative estimate of drug-likeness (QED) is 0.773. The maximum absolute atomic E-state index is 11.9. The van der Waals surface area contributed by atoms with E-state index in [0.717, 1.165) is 23.4 Å². The van der Waals surface area contributed by atoms with E-state index in [2.05, 4.69) is 10.3 Å². The number of carbonyl (C=O) groups is 1. The molecule has 108 valence electrons. The van der Waals surface area contributed by atoms with Crippen LogP contribution in [0.5, 0.6) is 0 Å². The summed E-state index contributed by atoms with van der Waals surface area (Å²) >= 11 is 3.10. The largest absolute Gasteiger partial charge is 0.396 e. The lowest BCUT2D eigenvalue weighted by molar-refractivity contribution is 0.0948. The van der Waals surface area contributed by atoms with Gasteiger partial charge in [-0.1, -0.05) is 6.92 Å². The van der Waals surface area contributed by atoms with E-state index in [0.29, 0.717) is 12.2 Å². The third kappa shape index (κ3) is 4.13. The van der Waals surface area contributed by atoms with Crippen molar-refractivity contribution in [2.24, 2.45) is 5.92 Å². The molecule has 0 aromatic carbocycles. The second kappa shape index (κ2) is 7.52. The first-order valence-electron chi connectivity index (χ1n) is 6.58. The van der Waals surface area contributed by atoms with Gasteiger partial charge < -0.3 is 10.4 Å². The SMILES string of the molecule is CC(CO)CCCNC(=O)c1csc(-c2ccsc2)n1. The van der Waals surface area contributed by atoms with E-state index in [1.54, 1.807) is 16.7 Å². The molecule has 20 heavy (non-hydrogen) atoms. The number of thiophene rings is 1. The Balaban J connectivity index is 1.81. The molecule has 2 aromatic rings. The summed E-state index contributed by atoms with van der Waals surface area (Å²) in [6, 6.07) is 2.00. The summed E-state index contributed by atoms with van der Waals surface area (Å²) in [5.74, 6) is 0.163. The van der Waals surface area contributed by atoms with Crippen molar-refractivity contribution in [1.29, 1.82) is 0 Å². The highest BCUT2D eigenvalue weighted by molar-refractivity contribution is 7.14. The number of hydrogen-bond donors (Lipinski definition) is 2. The first-order chi connectivity index (χ1) is 9.70. The highest BCUT2D eigenvalue weighted by Crippen LogP contribution is 2.25. The van der Waals surface area contributed by atoms with Crippen LogP contribution in [0.4, 0.5) is 0 Å². The van der Waals surface area contributed by atoms with Crippen molar-refractivity contribution in [2.45, 2.75) is 19.8 Å². The highest BCUT2D eigenvalue weighted by atomic mass is 32.1. The number of hydrogen-bond acceptors (Lipinski definition) is 5. The number of amides is 1. The normalized spacial score (nSPS) is 12.3. The molecular weight excluding hydrogens is 292 g/mol. The van der Waals surface area contributed by atoms with Crippen LogP contribution in [0.1, 0.15) is 30.3 Å². The minimum absolute atomic E-state index is 0.126. The van der Waals surface area contributed by atoms with Crippen molar-refractivity contribution in [3.8, 4) is 10.6 Å². The van der Waals surface area contributed by atoms with E-state index < -0.39 is 0 Å². The fourth-order valence-corrected chi connectivity index (χ4v) is 3.24. The fourth-order valence-electron chi connectivity index (χ4n) is 1.73. The van der Waals surface area contributed by atoms with Gasteiger partial charge in [0.05, 0.1) is 0 Å². The maximum atomic E-state index is 11.9. The summed E-state index contributed by atoms with van der Waals surface area (Å²) in [7, 11) is 0. The Bertz CT molecular complexity index is 537. The Morgan fingerprint density at radius 2 is 2.35 bits per heavy atom. The summed E-state index contributed by atoms with van der Waals surface area (Å²) in [6.07, 6.45) is 1.78. The van der Waals surface area contributed by atoms with Crippen molar-refractivity contribution in [2.75, 3.05) is 13.2 Å². The molecule has 0 bridgehead atoms. The molecule has 2 N–H and O–H groups in total. The Hall–Kier alpha value is -1.24. The second-order valence-corrected chi connectivity index (χ2v) is 6.37. The van der Waals surface area contributed by atoms with Gasteiger partial charge in [-0.05, 0) is 30.2 Å². The van der Waals surface area contributed by atoms with Crippen LogP contribution in [0.15, 0.2) is 22.2 Å². The van der Waals surface area contributed by atoms with Gasteiger partial charge in [-0.15, -0.1) is 11.3 Å². The maximum Gasteiger partial charge on any atom is 0.270 e. The van der Waals surface area contributed by atoms with E-state index >= 15 is 0 Å². The molecule has 0 aliphatic heterocycles. The number of thiazole rings is 1. The lowest BCUT2D eigenvalue weighted by Crippen LogP contribution is -2.25. The third-order valence-corrected chi connectivity index (χ3v) is 4.55. The van der Waals surface area contributed by atoms with Crippen molar-refractivity contribution in [1.82, 2.24) is 10.3 Å². The number of nitrogens with one attached hydrogen (secondary N) is 1. The summed E-state index contributed by atoms with van der Waals surface area (Å²) in [4.78, 5) is 16.3. The Morgan fingerprint density at radius 1 is 1.50 bits per heavy atom. The number of aliphatic hydroxyl groups is 1. The first-order valence-corrected chi connectivity index (χ1v) is 8.40. The van der Waals surface area contributed by atoms with Crippen molar-refractivity contribution < 1.29 is 9.90 Å². The zero-order valence-electron chi connectivity index (χ0n) is 11.3. The highest BCUT2D eigenvalue weighted by Gasteiger charge is 2.11. The summed E-state index contributed by atoms with van der Waals surface area (Å²) in [5, 5.41) is 18.5. The van der Waals surface area contributed by atoms with Crippen LogP contribution in [0.3, 0.4) is 0 Å². The molecule has 6 heteroatoms. The summed E-state index contributed by atoms with van der Waals surface area (Å²) in [5.41, 5.74) is 1.54. The van der Waals surface area contributed by atoms with Crippen LogP contribution in [-0.4, -0.2) is 29.1 Å². The lowest BCUT2D eigenvalue weighted by Gasteiger charge is -2.07. The molecule has 0 aliphatic carbocycles. The lowest BCUT2D eigenvalue weighted by atomic mass is 10.1. The van der Waals surface area contributed by atoms with E-state index in [1.165, 1.54) is 11.3 Å². The monoisotopic (exact) mass is 310 g/mol. The van der Waals surface area contributed by atoms with Gasteiger partial charge in [-0.2, -0.15) is 11.3 Å². The molecule has 1 amide bonds. The second-order valence-electron chi connectivity index (χ2n) is 4.74. The van der Waals surface area contributed by atoms with Crippen LogP contribution in [0.2, 0.25) is 0 Å². The molecule has 0 aliphatic rings. The number of aliphatic hydroxyl groups excluding tert-OH is 1. The minimum Gasteiger partial charge on any atom is -0.396 e. The molecule has 1 unspecified atom stereocenters. The van der Waals surface area contributed by atoms with Gasteiger partial charge in [0, 0.05) is 29.5 Å². The van der Waals surface area contributed by atoms with E-state index in [9.17, 15) is 4.79 Å². The third-order valence-electron chi connectivity index (χ3n) is 2.98. The van der Waals surface area contributed by atoms with Crippen molar-refractivity contribution in [3.05, 3.63) is 27.9 Å². The average molecular weight is 310 g/mol. The predicted molar refractivity (Wildman–Crippen MR) is 83.2 cm³/mol. The van der Waals surface area contributed by atoms with Crippen molar-refractivity contribution >= 4 is 28.6 Å². The molecule has 2 rings (SSSR count). The van der Waals surface area contributed by atoms with Gasteiger partial charge in [0.15, 0.2) is 0 Å². The van der Waals surface area contributed by atoms with E-state index in [1.807, 2.05) is 23.8 Å². The molecule has 2 aromatic heterocycles. The molecule has 1 atom stereocenters. The van der Waals surface area contributed by atoms with Crippen LogP contribution in [0, 0.1) is 5.92 Å². The molecule has 0 spiro atoms. The minimum atomic E-state index is -0.126. The van der Waals surface area contributed by atoms with Gasteiger partial charge in [0.2, 0.25) is 0 Å². The van der Waals surface area contributed by atoms with Crippen molar-refractivity contribution in [3.63, 3.8) is 0 Å². The van der Waals surface area contributed by atoms with Crippen LogP contribution < -0.4 is 5.32 Å². The van der Waals surface area contributed by atoms with Crippen LogP contribution in [-0.2, 0) is 0 Å². The summed E-state index contributed by atoms with van der Waals surface area (Å²) < 4.78 is 0. The first kappa shape index (κ1) is 15.2. The molecule has 0 fully saturated rings. The van der Waals surface area contributed by atoms with Crippen LogP contribution >= 0.6 is 22.7 Å². The van der Waals surface area contributed by atoms with E-state index in [4.69, 9.17) is 5.11 Å². The zero-order valence-corrected chi connectivity index (χ0v) is 13.0. The van der Waals surface area contributed by atoms with Gasteiger partial charge in [0.1, 0.15) is 10.7 Å². The van der Waals surface area contributed by atoms with Crippen LogP contribution in [0.25, 0.3) is 10.6 Å². The zero-order chi connectivity index (χ0) is 14.4. The van der Waals surface area contributed by atoms with E-state index in [-0.39, 0.29) is 18.4 Å². The van der Waals surface area contributed by atoms with Gasteiger partial charge in [-0.3, -0.25) is 4.79 Å². The summed E-state index contributed by atoms with van der Waals surface area (Å²) in [6.45, 7) is 2.81. The topological polar surface area (TPSA) is 62.2 Å². The number of aromatic nitrogens is 1. The molecular formula is C14H18N2O2S2. The number of nitrogens with zero attached hydrogens (tertiary/aromatic N) is 1. The number of carbonyl (C=O) groups excluding carboxylic acids is 1. The smallest absolute Gasteiger partial charge is 0.270 e. The molecule has 0 saturated heterocycles. The Labute approximate surface area is 126 Å².